The van der Waals surface area contributed by atoms with Crippen LogP contribution in [0.2, 0.25) is 0 Å². The zero-order valence-electron chi connectivity index (χ0n) is 8.14. The summed E-state index contributed by atoms with van der Waals surface area (Å²) in [5.74, 6) is -0.549. The zero-order chi connectivity index (χ0) is 10.4. The standard InChI is InChI=1S/C11H13FNO/c1-2-3-7-11(14)13-10-6-4-5-9(12)8-10/h4-6H,2-3,7H2,1H3,(H,13,14). The summed E-state index contributed by atoms with van der Waals surface area (Å²) in [6, 6.07) is 6.87. The maximum atomic E-state index is 12.7. The monoisotopic (exact) mass is 194 g/mol. The molecule has 0 aliphatic rings. The van der Waals surface area contributed by atoms with Gasteiger partial charge in [0.15, 0.2) is 0 Å². The molecule has 0 bridgehead atoms. The van der Waals surface area contributed by atoms with E-state index in [1.54, 1.807) is 12.1 Å². The van der Waals surface area contributed by atoms with Gasteiger partial charge in [-0.2, -0.15) is 0 Å². The molecule has 0 spiro atoms. The molecule has 0 aliphatic carbocycles. The van der Waals surface area contributed by atoms with Crippen LogP contribution >= 0.6 is 0 Å². The van der Waals surface area contributed by atoms with Crippen molar-refractivity contribution in [2.75, 3.05) is 5.32 Å². The van der Waals surface area contributed by atoms with Gasteiger partial charge >= 0.3 is 0 Å². The van der Waals surface area contributed by atoms with Crippen LogP contribution in [0, 0.1) is 11.9 Å². The minimum Gasteiger partial charge on any atom is -0.325 e. The first kappa shape index (κ1) is 10.7. The summed E-state index contributed by atoms with van der Waals surface area (Å²) in [6.07, 6.45) is 2.29. The Morgan fingerprint density at radius 2 is 2.36 bits per heavy atom. The summed E-state index contributed by atoms with van der Waals surface area (Å²) >= 11 is 0. The average Bonchev–Trinajstić information content (AvgIpc) is 2.15. The predicted octanol–water partition coefficient (Wildman–Crippen LogP) is 2.75. The highest BCUT2D eigenvalue weighted by atomic mass is 19.1. The van der Waals surface area contributed by atoms with Crippen molar-refractivity contribution in [3.05, 3.63) is 30.1 Å². The Morgan fingerprint density at radius 3 is 3.00 bits per heavy atom. The lowest BCUT2D eigenvalue weighted by Crippen LogP contribution is -2.11. The van der Waals surface area contributed by atoms with Gasteiger partial charge in [0.2, 0.25) is 5.91 Å². The number of carbonyl (C=O) groups excluding carboxylic acids is 1. The number of hydrogen-bond donors (Lipinski definition) is 1. The Morgan fingerprint density at radius 1 is 1.57 bits per heavy atom. The molecule has 3 heteroatoms. The number of nitrogens with one attached hydrogen (secondary N) is 1. The molecule has 1 radical (unpaired) electrons. The lowest BCUT2D eigenvalue weighted by atomic mass is 10.2. The first-order chi connectivity index (χ1) is 6.72. The van der Waals surface area contributed by atoms with Gasteiger partial charge in [0, 0.05) is 12.5 Å². The van der Waals surface area contributed by atoms with Crippen LogP contribution in [0.15, 0.2) is 18.2 Å². The Hall–Kier alpha value is -1.38. The lowest BCUT2D eigenvalue weighted by Gasteiger charge is -2.03. The van der Waals surface area contributed by atoms with Crippen LogP contribution < -0.4 is 5.32 Å². The molecule has 0 fully saturated rings. The molecule has 2 nitrogen and oxygen atoms in total. The molecule has 0 unspecified atom stereocenters. The fourth-order valence-corrected chi connectivity index (χ4v) is 1.06. The number of halogens is 1. The Bertz CT molecular complexity index is 312. The molecule has 75 valence electrons. The molecule has 1 rings (SSSR count). The largest absolute Gasteiger partial charge is 0.325 e. The Labute approximate surface area is 83.1 Å². The van der Waals surface area contributed by atoms with Crippen molar-refractivity contribution in [1.82, 2.24) is 0 Å². The van der Waals surface area contributed by atoms with E-state index in [1.165, 1.54) is 6.07 Å². The summed E-state index contributed by atoms with van der Waals surface area (Å²) in [5.41, 5.74) is 0.395. The third kappa shape index (κ3) is 3.56. The summed E-state index contributed by atoms with van der Waals surface area (Å²) in [4.78, 5) is 11.2. The number of hydrogen-bond acceptors (Lipinski definition) is 1. The summed E-state index contributed by atoms with van der Waals surface area (Å²) in [5, 5.41) is 2.58. The highest BCUT2D eigenvalue weighted by molar-refractivity contribution is 5.90. The van der Waals surface area contributed by atoms with E-state index in [1.807, 2.05) is 6.92 Å². The molecule has 0 aliphatic heterocycles. The van der Waals surface area contributed by atoms with Crippen LogP contribution in [-0.2, 0) is 4.79 Å². The van der Waals surface area contributed by atoms with Crippen molar-refractivity contribution < 1.29 is 9.18 Å². The maximum absolute atomic E-state index is 12.7. The van der Waals surface area contributed by atoms with Gasteiger partial charge in [-0.05, 0) is 18.6 Å². The number of benzene rings is 1. The predicted molar refractivity (Wildman–Crippen MR) is 53.4 cm³/mol. The van der Waals surface area contributed by atoms with Gasteiger partial charge in [0.05, 0.1) is 5.69 Å². The van der Waals surface area contributed by atoms with Crippen LogP contribution in [0.5, 0.6) is 0 Å². The van der Waals surface area contributed by atoms with E-state index in [-0.39, 0.29) is 5.91 Å². The number of anilines is 1. The average molecular weight is 194 g/mol. The molecule has 1 aromatic rings. The maximum Gasteiger partial charge on any atom is 0.224 e. The van der Waals surface area contributed by atoms with Gasteiger partial charge in [-0.15, -0.1) is 0 Å². The fraction of sp³-hybridized carbons (Fsp3) is 0.364. The quantitative estimate of drug-likeness (QED) is 0.784. The van der Waals surface area contributed by atoms with E-state index in [4.69, 9.17) is 0 Å². The molecule has 0 atom stereocenters. The van der Waals surface area contributed by atoms with Crippen molar-refractivity contribution in [1.29, 1.82) is 0 Å². The first-order valence-electron chi connectivity index (χ1n) is 4.70. The third-order valence-electron chi connectivity index (χ3n) is 1.79. The van der Waals surface area contributed by atoms with E-state index in [0.717, 1.165) is 12.8 Å². The highest BCUT2D eigenvalue weighted by Gasteiger charge is 2.01. The van der Waals surface area contributed by atoms with Crippen LogP contribution in [-0.4, -0.2) is 5.91 Å². The van der Waals surface area contributed by atoms with Crippen molar-refractivity contribution in [2.45, 2.75) is 26.2 Å². The first-order valence-corrected chi connectivity index (χ1v) is 4.70. The van der Waals surface area contributed by atoms with E-state index >= 15 is 0 Å². The van der Waals surface area contributed by atoms with Crippen molar-refractivity contribution in [2.24, 2.45) is 0 Å². The number of carbonyl (C=O) groups is 1. The second-order valence-corrected chi connectivity index (χ2v) is 3.06. The van der Waals surface area contributed by atoms with E-state index in [0.29, 0.717) is 12.1 Å². The topological polar surface area (TPSA) is 29.1 Å². The van der Waals surface area contributed by atoms with Gasteiger partial charge in [-0.25, -0.2) is 4.39 Å². The van der Waals surface area contributed by atoms with Crippen molar-refractivity contribution in [3.8, 4) is 0 Å². The summed E-state index contributed by atoms with van der Waals surface area (Å²) in [7, 11) is 0. The summed E-state index contributed by atoms with van der Waals surface area (Å²) < 4.78 is 12.7. The Kier molecular flexibility index (Phi) is 4.11. The molecule has 1 amide bonds. The Balaban J connectivity index is 2.47. The van der Waals surface area contributed by atoms with E-state index < -0.39 is 5.82 Å². The van der Waals surface area contributed by atoms with Crippen molar-refractivity contribution >= 4 is 11.6 Å². The number of rotatable bonds is 4. The lowest BCUT2D eigenvalue weighted by molar-refractivity contribution is -0.116. The molecule has 0 saturated heterocycles. The molecule has 0 saturated carbocycles. The summed E-state index contributed by atoms with van der Waals surface area (Å²) in [6.45, 7) is 2.02. The normalized spacial score (nSPS) is 9.86. The highest BCUT2D eigenvalue weighted by Crippen LogP contribution is 2.08. The molecule has 0 aromatic heterocycles. The smallest absolute Gasteiger partial charge is 0.224 e. The van der Waals surface area contributed by atoms with E-state index in [2.05, 4.69) is 11.4 Å². The number of amides is 1. The SMILES string of the molecule is CCCCC(=O)Nc1[c]c(F)ccc1. The second-order valence-electron chi connectivity index (χ2n) is 3.06. The second kappa shape index (κ2) is 5.37. The molecule has 14 heavy (non-hydrogen) atoms. The minimum absolute atomic E-state index is 0.0892. The van der Waals surface area contributed by atoms with Gasteiger partial charge in [0.1, 0.15) is 5.82 Å². The van der Waals surface area contributed by atoms with Gasteiger partial charge in [-0.3, -0.25) is 4.79 Å². The zero-order valence-corrected chi connectivity index (χ0v) is 8.14. The molecule has 0 heterocycles. The van der Waals surface area contributed by atoms with Crippen molar-refractivity contribution in [3.63, 3.8) is 0 Å². The van der Waals surface area contributed by atoms with E-state index in [9.17, 15) is 9.18 Å². The fourth-order valence-electron chi connectivity index (χ4n) is 1.06. The molecular formula is C11H13FNO. The minimum atomic E-state index is -0.460. The molecule has 1 N–H and O–H groups in total. The van der Waals surface area contributed by atoms with Gasteiger partial charge in [-0.1, -0.05) is 19.4 Å². The van der Waals surface area contributed by atoms with Crippen LogP contribution in [0.25, 0.3) is 0 Å². The van der Waals surface area contributed by atoms with Crippen LogP contribution in [0.1, 0.15) is 26.2 Å². The van der Waals surface area contributed by atoms with Crippen LogP contribution in [0.4, 0.5) is 10.1 Å². The molecule has 1 aromatic carbocycles. The van der Waals surface area contributed by atoms with Gasteiger partial charge in [0.25, 0.3) is 0 Å². The number of unbranched alkanes of at least 4 members (excludes halogenated alkanes) is 1. The van der Waals surface area contributed by atoms with Crippen LogP contribution in [0.3, 0.4) is 0 Å². The third-order valence-corrected chi connectivity index (χ3v) is 1.79. The van der Waals surface area contributed by atoms with Gasteiger partial charge < -0.3 is 5.32 Å². The molecular weight excluding hydrogens is 181 g/mol.